The molecule has 0 aliphatic heterocycles. The molecule has 0 aromatic carbocycles. The molecule has 0 aliphatic rings. The Bertz CT molecular complexity index is 311. The molecule has 0 bridgehead atoms. The largest absolute Gasteiger partial charge is 0.260 e. The number of rotatable bonds is 2. The molecular weight excluding hydrogens is 176 g/mol. The van der Waals surface area contributed by atoms with Crippen molar-refractivity contribution in [3.05, 3.63) is 18.0 Å². The van der Waals surface area contributed by atoms with Crippen molar-refractivity contribution in [3.63, 3.8) is 0 Å². The molecule has 0 N–H and O–H groups in total. The average molecular weight is 195 g/mol. The highest BCUT2D eigenvalue weighted by molar-refractivity contribution is 4.96. The number of aromatic nitrogens is 4. The molecule has 0 aliphatic carbocycles. The predicted octanol–water partition coefficient (Wildman–Crippen LogP) is 0.784. The van der Waals surface area contributed by atoms with E-state index in [0.717, 1.165) is 12.2 Å². The van der Waals surface area contributed by atoms with E-state index in [1.54, 1.807) is 9.36 Å². The molecule has 0 saturated heterocycles. The molecule has 0 amide bonds. The Balaban J connectivity index is 2.67. The summed E-state index contributed by atoms with van der Waals surface area (Å²) in [4.78, 5) is 0. The lowest BCUT2D eigenvalue weighted by Crippen LogP contribution is -2.35. The zero-order valence-electron chi connectivity index (χ0n) is 9.65. The van der Waals surface area contributed by atoms with E-state index in [9.17, 15) is 0 Å². The Morgan fingerprint density at radius 2 is 2.07 bits per heavy atom. The summed E-state index contributed by atoms with van der Waals surface area (Å²) in [5.74, 6) is 1.10. The van der Waals surface area contributed by atoms with Crippen LogP contribution in [0.3, 0.4) is 0 Å². The van der Waals surface area contributed by atoms with Gasteiger partial charge in [-0.15, -0.1) is 4.68 Å². The average Bonchev–Trinajstić information content (AvgIpc) is 2.33. The van der Waals surface area contributed by atoms with Crippen LogP contribution in [0.15, 0.2) is 12.2 Å². The molecule has 1 aromatic rings. The molecule has 0 unspecified atom stereocenters. The van der Waals surface area contributed by atoms with Crippen LogP contribution in [0.1, 0.15) is 26.6 Å². The number of allylic oxidation sites excluding steroid dienone is 2. The van der Waals surface area contributed by atoms with E-state index in [1.165, 1.54) is 0 Å². The number of nitrogens with zero attached hydrogens (tertiary/aromatic N) is 4. The highest BCUT2D eigenvalue weighted by atomic mass is 15.6. The molecule has 4 nitrogen and oxygen atoms in total. The van der Waals surface area contributed by atoms with Crippen molar-refractivity contribution in [2.45, 2.75) is 27.2 Å². The van der Waals surface area contributed by atoms with Crippen LogP contribution in [0.25, 0.3) is 0 Å². The monoisotopic (exact) mass is 195 g/mol. The van der Waals surface area contributed by atoms with Gasteiger partial charge in [-0.25, -0.2) is 0 Å². The minimum absolute atomic E-state index is 0.241. The van der Waals surface area contributed by atoms with Crippen LogP contribution in [-0.4, -0.2) is 15.1 Å². The first-order valence-electron chi connectivity index (χ1n) is 4.83. The number of hydrogen-bond donors (Lipinski definition) is 0. The third-order valence-corrected chi connectivity index (χ3v) is 1.97. The van der Waals surface area contributed by atoms with Gasteiger partial charge in [0.1, 0.15) is 5.21 Å². The lowest BCUT2D eigenvalue weighted by Gasteiger charge is -2.10. The summed E-state index contributed by atoms with van der Waals surface area (Å²) >= 11 is 0. The van der Waals surface area contributed by atoms with Gasteiger partial charge in [0, 0.05) is 0 Å². The second kappa shape index (κ2) is 3.90. The molecule has 1 heterocycles. The normalized spacial score (nSPS) is 12.6. The van der Waals surface area contributed by atoms with Crippen molar-refractivity contribution < 1.29 is 4.68 Å². The minimum Gasteiger partial charge on any atom is -0.140 e. The van der Waals surface area contributed by atoms with Gasteiger partial charge in [-0.3, -0.25) is 0 Å². The van der Waals surface area contributed by atoms with Crippen molar-refractivity contribution in [3.8, 4) is 0 Å². The first-order chi connectivity index (χ1) is 6.40. The molecule has 1 rings (SSSR count). The summed E-state index contributed by atoms with van der Waals surface area (Å²) in [6.07, 6.45) is 5.25. The maximum atomic E-state index is 3.93. The maximum absolute atomic E-state index is 3.93. The van der Waals surface area contributed by atoms with Crippen LogP contribution in [-0.2, 0) is 20.5 Å². The third kappa shape index (κ3) is 2.94. The maximum Gasteiger partial charge on any atom is 0.260 e. The van der Waals surface area contributed by atoms with Crippen molar-refractivity contribution in [2.24, 2.45) is 19.5 Å². The van der Waals surface area contributed by atoms with Gasteiger partial charge in [0.2, 0.25) is 0 Å². The number of hydrogen-bond acceptors (Lipinski definition) is 2. The fourth-order valence-electron chi connectivity index (χ4n) is 1.21. The summed E-state index contributed by atoms with van der Waals surface area (Å²) in [6, 6.07) is 0. The molecule has 78 valence electrons. The molecule has 14 heavy (non-hydrogen) atoms. The van der Waals surface area contributed by atoms with Gasteiger partial charge in [0.25, 0.3) is 5.82 Å². The first-order valence-corrected chi connectivity index (χ1v) is 4.83. The summed E-state index contributed by atoms with van der Waals surface area (Å²) in [6.45, 7) is 6.56. The van der Waals surface area contributed by atoms with Gasteiger partial charge in [-0.2, -0.15) is 0 Å². The van der Waals surface area contributed by atoms with Crippen molar-refractivity contribution in [2.75, 3.05) is 0 Å². The Kier molecular flexibility index (Phi) is 3.03. The number of tetrazole rings is 1. The SMILES string of the molecule is Cn1nn[n+](C)c1C/C=C/C(C)(C)C. The smallest absolute Gasteiger partial charge is 0.140 e. The van der Waals surface area contributed by atoms with Gasteiger partial charge in [0.05, 0.1) is 20.5 Å². The third-order valence-electron chi connectivity index (χ3n) is 1.97. The Morgan fingerprint density at radius 1 is 1.43 bits per heavy atom. The van der Waals surface area contributed by atoms with E-state index in [0.29, 0.717) is 0 Å². The second-order valence-corrected chi connectivity index (χ2v) is 4.61. The van der Waals surface area contributed by atoms with Crippen LogP contribution in [0, 0.1) is 5.41 Å². The van der Waals surface area contributed by atoms with Crippen LogP contribution in [0.5, 0.6) is 0 Å². The fourth-order valence-corrected chi connectivity index (χ4v) is 1.21. The molecule has 0 spiro atoms. The highest BCUT2D eigenvalue weighted by Crippen LogP contribution is 2.14. The molecule has 4 heteroatoms. The lowest BCUT2D eigenvalue weighted by molar-refractivity contribution is -0.738. The van der Waals surface area contributed by atoms with E-state index >= 15 is 0 Å². The topological polar surface area (TPSA) is 34.6 Å². The highest BCUT2D eigenvalue weighted by Gasteiger charge is 2.12. The van der Waals surface area contributed by atoms with Crippen molar-refractivity contribution in [1.29, 1.82) is 0 Å². The van der Waals surface area contributed by atoms with Gasteiger partial charge < -0.3 is 0 Å². The van der Waals surface area contributed by atoms with E-state index in [1.807, 2.05) is 14.1 Å². The quantitative estimate of drug-likeness (QED) is 0.516. The predicted molar refractivity (Wildman–Crippen MR) is 54.5 cm³/mol. The standard InChI is InChI=1S/C10H19N4/c1-10(2,3)8-6-7-9-13(4)11-12-14(9)5/h6,8H,7H2,1-5H3/q+1/b8-6+. The zero-order chi connectivity index (χ0) is 10.8. The summed E-state index contributed by atoms with van der Waals surface area (Å²) in [7, 11) is 3.82. The van der Waals surface area contributed by atoms with Gasteiger partial charge in [-0.1, -0.05) is 37.6 Å². The van der Waals surface area contributed by atoms with E-state index in [2.05, 4.69) is 43.4 Å². The van der Waals surface area contributed by atoms with Crippen LogP contribution in [0.2, 0.25) is 0 Å². The molecule has 0 fully saturated rings. The van der Waals surface area contributed by atoms with Crippen LogP contribution >= 0.6 is 0 Å². The van der Waals surface area contributed by atoms with Crippen LogP contribution in [0.4, 0.5) is 0 Å². The molecule has 0 radical (unpaired) electrons. The summed E-state index contributed by atoms with van der Waals surface area (Å²) in [5.41, 5.74) is 0.241. The second-order valence-electron chi connectivity index (χ2n) is 4.61. The van der Waals surface area contributed by atoms with Gasteiger partial charge in [-0.05, 0) is 5.41 Å². The Hall–Kier alpha value is -1.19. The van der Waals surface area contributed by atoms with E-state index in [-0.39, 0.29) is 5.41 Å². The van der Waals surface area contributed by atoms with E-state index in [4.69, 9.17) is 0 Å². The number of aryl methyl sites for hydroxylation is 2. The van der Waals surface area contributed by atoms with Crippen molar-refractivity contribution in [1.82, 2.24) is 15.1 Å². The zero-order valence-corrected chi connectivity index (χ0v) is 9.65. The first kappa shape index (κ1) is 10.9. The molecule has 0 atom stereocenters. The molecule has 1 aromatic heterocycles. The Morgan fingerprint density at radius 3 is 2.50 bits per heavy atom. The van der Waals surface area contributed by atoms with E-state index < -0.39 is 0 Å². The van der Waals surface area contributed by atoms with Gasteiger partial charge >= 0.3 is 0 Å². The van der Waals surface area contributed by atoms with Crippen molar-refractivity contribution >= 4 is 0 Å². The summed E-state index contributed by atoms with van der Waals surface area (Å²) in [5, 5.41) is 7.85. The minimum atomic E-state index is 0.241. The molecular formula is C10H19N4+. The lowest BCUT2D eigenvalue weighted by atomic mass is 9.96. The molecule has 0 saturated carbocycles. The van der Waals surface area contributed by atoms with Gasteiger partial charge in [0.15, 0.2) is 5.21 Å². The Labute approximate surface area is 85.2 Å². The fraction of sp³-hybridized carbons (Fsp3) is 0.700. The van der Waals surface area contributed by atoms with Crippen LogP contribution < -0.4 is 4.68 Å². The summed E-state index contributed by atoms with van der Waals surface area (Å²) < 4.78 is 3.60.